The largest absolute Gasteiger partial charge is 0.493 e. The van der Waals surface area contributed by atoms with Crippen LogP contribution in [0.15, 0.2) is 42.5 Å². The summed E-state index contributed by atoms with van der Waals surface area (Å²) in [5, 5.41) is 4.08. The number of amides is 1. The van der Waals surface area contributed by atoms with Gasteiger partial charge in [-0.1, -0.05) is 6.07 Å². The fourth-order valence-corrected chi connectivity index (χ4v) is 2.70. The predicted molar refractivity (Wildman–Crippen MR) is 96.1 cm³/mol. The number of carbonyl (C=O) groups is 1. The Balaban J connectivity index is 1.48. The number of nitrogens with one attached hydrogen (secondary N) is 2. The number of fused-ring (bicyclic) bond motifs is 1. The van der Waals surface area contributed by atoms with Gasteiger partial charge in [0.2, 0.25) is 5.91 Å². The lowest BCUT2D eigenvalue weighted by Gasteiger charge is -2.08. The van der Waals surface area contributed by atoms with E-state index in [1.165, 1.54) is 23.1 Å². The second-order valence-corrected chi connectivity index (χ2v) is 6.08. The van der Waals surface area contributed by atoms with Gasteiger partial charge >= 0.3 is 0 Å². The second kappa shape index (κ2) is 7.38. The highest BCUT2D eigenvalue weighted by molar-refractivity contribution is 5.85. The molecular weight excluding hydrogens is 319 g/mol. The highest BCUT2D eigenvalue weighted by Crippen LogP contribution is 2.22. The zero-order valence-corrected chi connectivity index (χ0v) is 14.4. The van der Waals surface area contributed by atoms with Crippen LogP contribution in [0.5, 0.6) is 5.75 Å². The summed E-state index contributed by atoms with van der Waals surface area (Å²) in [7, 11) is 0. The second-order valence-electron chi connectivity index (χ2n) is 6.08. The summed E-state index contributed by atoms with van der Waals surface area (Å²) >= 11 is 0. The van der Waals surface area contributed by atoms with E-state index in [1.54, 1.807) is 12.1 Å². The molecule has 2 aromatic carbocycles. The SMILES string of the molecule is Cc1[nH]c2ccc(CNC(=O)CCOc3ccc(F)cc3)cc2c1C. The van der Waals surface area contributed by atoms with E-state index in [4.69, 9.17) is 4.74 Å². The van der Waals surface area contributed by atoms with Gasteiger partial charge in [0.25, 0.3) is 0 Å². The van der Waals surface area contributed by atoms with Gasteiger partial charge in [0.1, 0.15) is 11.6 Å². The van der Waals surface area contributed by atoms with Crippen LogP contribution < -0.4 is 10.1 Å². The van der Waals surface area contributed by atoms with Gasteiger partial charge in [-0.3, -0.25) is 4.79 Å². The normalized spacial score (nSPS) is 10.8. The van der Waals surface area contributed by atoms with Crippen molar-refractivity contribution in [3.8, 4) is 5.75 Å². The van der Waals surface area contributed by atoms with Gasteiger partial charge in [0.15, 0.2) is 0 Å². The van der Waals surface area contributed by atoms with Crippen LogP contribution in [0, 0.1) is 19.7 Å². The molecule has 0 fully saturated rings. The molecule has 2 N–H and O–H groups in total. The maximum Gasteiger partial charge on any atom is 0.223 e. The molecule has 0 aliphatic rings. The van der Waals surface area contributed by atoms with Crippen molar-refractivity contribution in [2.45, 2.75) is 26.8 Å². The van der Waals surface area contributed by atoms with Gasteiger partial charge in [-0.2, -0.15) is 0 Å². The third-order valence-corrected chi connectivity index (χ3v) is 4.27. The Hall–Kier alpha value is -2.82. The molecule has 3 rings (SSSR count). The molecule has 0 aliphatic heterocycles. The Morgan fingerprint density at radius 2 is 1.92 bits per heavy atom. The summed E-state index contributed by atoms with van der Waals surface area (Å²) in [6, 6.07) is 11.9. The molecule has 0 saturated carbocycles. The molecule has 1 aromatic heterocycles. The molecule has 0 atom stereocenters. The number of aryl methyl sites for hydroxylation is 2. The van der Waals surface area contributed by atoms with Crippen LogP contribution in [0.25, 0.3) is 10.9 Å². The highest BCUT2D eigenvalue weighted by atomic mass is 19.1. The molecule has 0 radical (unpaired) electrons. The van der Waals surface area contributed by atoms with Crippen LogP contribution in [-0.2, 0) is 11.3 Å². The molecule has 4 nitrogen and oxygen atoms in total. The zero-order valence-electron chi connectivity index (χ0n) is 14.4. The van der Waals surface area contributed by atoms with Crippen LogP contribution >= 0.6 is 0 Å². The molecule has 1 heterocycles. The van der Waals surface area contributed by atoms with Gasteiger partial charge in [-0.05, 0) is 61.4 Å². The Morgan fingerprint density at radius 3 is 2.68 bits per heavy atom. The quantitative estimate of drug-likeness (QED) is 0.712. The third-order valence-electron chi connectivity index (χ3n) is 4.27. The summed E-state index contributed by atoms with van der Waals surface area (Å²) in [4.78, 5) is 15.3. The summed E-state index contributed by atoms with van der Waals surface area (Å²) in [6.07, 6.45) is 0.252. The molecule has 0 unspecified atom stereocenters. The van der Waals surface area contributed by atoms with Gasteiger partial charge < -0.3 is 15.0 Å². The van der Waals surface area contributed by atoms with E-state index >= 15 is 0 Å². The molecule has 25 heavy (non-hydrogen) atoms. The minimum atomic E-state index is -0.310. The van der Waals surface area contributed by atoms with Crippen LogP contribution in [0.4, 0.5) is 4.39 Å². The third kappa shape index (κ3) is 4.18. The van der Waals surface area contributed by atoms with Crippen molar-refractivity contribution in [3.63, 3.8) is 0 Å². The molecule has 5 heteroatoms. The smallest absolute Gasteiger partial charge is 0.223 e. The molecule has 0 spiro atoms. The molecule has 1 amide bonds. The number of aromatic nitrogens is 1. The lowest BCUT2D eigenvalue weighted by molar-refractivity contribution is -0.121. The summed E-state index contributed by atoms with van der Waals surface area (Å²) in [5.41, 5.74) is 4.56. The minimum absolute atomic E-state index is 0.0795. The van der Waals surface area contributed by atoms with Crippen molar-refractivity contribution in [3.05, 3.63) is 65.1 Å². The van der Waals surface area contributed by atoms with Crippen molar-refractivity contribution in [1.29, 1.82) is 0 Å². The number of carbonyl (C=O) groups excluding carboxylic acids is 1. The topological polar surface area (TPSA) is 54.1 Å². The van der Waals surface area contributed by atoms with Crippen molar-refractivity contribution in [2.75, 3.05) is 6.61 Å². The first-order valence-corrected chi connectivity index (χ1v) is 8.26. The fraction of sp³-hybridized carbons (Fsp3) is 0.250. The number of benzene rings is 2. The number of H-pyrrole nitrogens is 1. The Labute approximate surface area is 146 Å². The first-order valence-electron chi connectivity index (χ1n) is 8.26. The molecule has 0 saturated heterocycles. The van der Waals surface area contributed by atoms with E-state index in [0.29, 0.717) is 12.3 Å². The Bertz CT molecular complexity index is 885. The van der Waals surface area contributed by atoms with Crippen LogP contribution in [0.3, 0.4) is 0 Å². The number of halogens is 1. The number of rotatable bonds is 6. The molecule has 0 bridgehead atoms. The molecular formula is C20H21FN2O2. The predicted octanol–water partition coefficient (Wildman–Crippen LogP) is 4.01. The van der Waals surface area contributed by atoms with Gasteiger partial charge in [-0.15, -0.1) is 0 Å². The molecule has 0 aliphatic carbocycles. The number of hydrogen-bond donors (Lipinski definition) is 2. The van der Waals surface area contributed by atoms with E-state index in [-0.39, 0.29) is 24.8 Å². The monoisotopic (exact) mass is 340 g/mol. The van der Waals surface area contributed by atoms with E-state index in [1.807, 2.05) is 12.1 Å². The average Bonchev–Trinajstić information content (AvgIpc) is 2.89. The first-order chi connectivity index (χ1) is 12.0. The van der Waals surface area contributed by atoms with Gasteiger partial charge in [0.05, 0.1) is 13.0 Å². The maximum atomic E-state index is 12.8. The number of ether oxygens (including phenoxy) is 1. The lowest BCUT2D eigenvalue weighted by atomic mass is 10.1. The van der Waals surface area contributed by atoms with E-state index in [0.717, 1.165) is 16.8 Å². The van der Waals surface area contributed by atoms with Crippen molar-refractivity contribution >= 4 is 16.8 Å². The first kappa shape index (κ1) is 17.0. The van der Waals surface area contributed by atoms with Crippen molar-refractivity contribution in [2.24, 2.45) is 0 Å². The lowest BCUT2D eigenvalue weighted by Crippen LogP contribution is -2.24. The maximum absolute atomic E-state index is 12.8. The number of hydrogen-bond acceptors (Lipinski definition) is 2. The van der Waals surface area contributed by atoms with Crippen molar-refractivity contribution in [1.82, 2.24) is 10.3 Å². The van der Waals surface area contributed by atoms with E-state index in [2.05, 4.69) is 30.2 Å². The Morgan fingerprint density at radius 1 is 1.16 bits per heavy atom. The van der Waals surface area contributed by atoms with E-state index in [9.17, 15) is 9.18 Å². The van der Waals surface area contributed by atoms with Crippen LogP contribution in [-0.4, -0.2) is 17.5 Å². The van der Waals surface area contributed by atoms with Crippen molar-refractivity contribution < 1.29 is 13.9 Å². The summed E-state index contributed by atoms with van der Waals surface area (Å²) in [6.45, 7) is 4.88. The summed E-state index contributed by atoms with van der Waals surface area (Å²) in [5.74, 6) is 0.164. The molecule has 3 aromatic rings. The zero-order chi connectivity index (χ0) is 17.8. The standard InChI is InChI=1S/C20H21FN2O2/c1-13-14(2)23-19-8-3-15(11-18(13)19)12-22-20(24)9-10-25-17-6-4-16(21)5-7-17/h3-8,11,23H,9-10,12H2,1-2H3,(H,22,24). The van der Waals surface area contributed by atoms with Crippen LogP contribution in [0.2, 0.25) is 0 Å². The summed E-state index contributed by atoms with van der Waals surface area (Å²) < 4.78 is 18.2. The highest BCUT2D eigenvalue weighted by Gasteiger charge is 2.06. The van der Waals surface area contributed by atoms with Gasteiger partial charge in [0, 0.05) is 23.1 Å². The van der Waals surface area contributed by atoms with E-state index < -0.39 is 0 Å². The minimum Gasteiger partial charge on any atom is -0.493 e. The fourth-order valence-electron chi connectivity index (χ4n) is 2.70. The number of aromatic amines is 1. The Kier molecular flexibility index (Phi) is 5.03. The molecule has 130 valence electrons. The average molecular weight is 340 g/mol. The van der Waals surface area contributed by atoms with Crippen LogP contribution in [0.1, 0.15) is 23.2 Å². The van der Waals surface area contributed by atoms with Gasteiger partial charge in [-0.25, -0.2) is 4.39 Å².